The van der Waals surface area contributed by atoms with Crippen LogP contribution in [0.4, 0.5) is 0 Å². The molecule has 0 spiro atoms. The molecule has 0 aliphatic carbocycles. The molecule has 0 saturated carbocycles. The van der Waals surface area contributed by atoms with Gasteiger partial charge in [-0.25, -0.2) is 0 Å². The summed E-state index contributed by atoms with van der Waals surface area (Å²) in [5.74, 6) is 0. The van der Waals surface area contributed by atoms with E-state index in [1.54, 1.807) is 11.3 Å². The van der Waals surface area contributed by atoms with Crippen molar-refractivity contribution in [1.82, 2.24) is 10.2 Å². The lowest BCUT2D eigenvalue weighted by Crippen LogP contribution is -1.82. The van der Waals surface area contributed by atoms with Gasteiger partial charge in [-0.15, -0.1) is 10.2 Å². The second kappa shape index (κ2) is 6.58. The van der Waals surface area contributed by atoms with Crippen LogP contribution in [0.2, 0.25) is 0 Å². The molecule has 0 amide bonds. The van der Waals surface area contributed by atoms with Crippen molar-refractivity contribution < 1.29 is 0 Å². The molecule has 2 aromatic carbocycles. The van der Waals surface area contributed by atoms with E-state index in [0.717, 1.165) is 39.0 Å². The second-order valence-electron chi connectivity index (χ2n) is 4.12. The first kappa shape index (κ1) is 15.8. The minimum Gasteiger partial charge on any atom is -0.138 e. The first-order valence-corrected chi connectivity index (χ1v) is 9.79. The van der Waals surface area contributed by atoms with Crippen LogP contribution in [0.15, 0.2) is 54.3 Å². The number of nitrogens with zero attached hydrogens (tertiary/aromatic N) is 2. The van der Waals surface area contributed by atoms with Crippen LogP contribution in [0.3, 0.4) is 0 Å². The number of halogens is 4. The van der Waals surface area contributed by atoms with Crippen LogP contribution in [-0.2, 0) is 0 Å². The van der Waals surface area contributed by atoms with Gasteiger partial charge in [-0.1, -0.05) is 45.5 Å². The fourth-order valence-electron chi connectivity index (χ4n) is 1.77. The van der Waals surface area contributed by atoms with Gasteiger partial charge in [0.15, 0.2) is 0 Å². The minimum atomic E-state index is 0.876. The van der Waals surface area contributed by atoms with Crippen LogP contribution in [0.1, 0.15) is 0 Å². The molecule has 3 rings (SSSR count). The molecule has 0 aliphatic rings. The highest BCUT2D eigenvalue weighted by Crippen LogP contribution is 2.41. The summed E-state index contributed by atoms with van der Waals surface area (Å²) in [6.07, 6.45) is 0. The summed E-state index contributed by atoms with van der Waals surface area (Å²) in [7, 11) is 0. The van der Waals surface area contributed by atoms with Gasteiger partial charge in [0.25, 0.3) is 0 Å². The van der Waals surface area contributed by atoms with Gasteiger partial charge >= 0.3 is 0 Å². The van der Waals surface area contributed by atoms with Gasteiger partial charge < -0.3 is 0 Å². The van der Waals surface area contributed by atoms with Crippen LogP contribution < -0.4 is 0 Å². The number of hydrogen-bond acceptors (Lipinski definition) is 3. The molecule has 0 bridgehead atoms. The molecule has 0 radical (unpaired) electrons. The van der Waals surface area contributed by atoms with Crippen molar-refractivity contribution in [3.05, 3.63) is 54.3 Å². The van der Waals surface area contributed by atoms with E-state index in [4.69, 9.17) is 0 Å². The Labute approximate surface area is 159 Å². The molecule has 0 unspecified atom stereocenters. The van der Waals surface area contributed by atoms with E-state index in [1.165, 1.54) is 0 Å². The van der Waals surface area contributed by atoms with E-state index in [-0.39, 0.29) is 0 Å². The topological polar surface area (TPSA) is 25.8 Å². The average Bonchev–Trinajstić information content (AvgIpc) is 2.95. The molecule has 0 N–H and O–H groups in total. The lowest BCUT2D eigenvalue weighted by Gasteiger charge is -2.04. The highest BCUT2D eigenvalue weighted by molar-refractivity contribution is 9.14. The SMILES string of the molecule is Brc1ccccc1-c1nnc(-c2ccc(Br)c(Br)c2Br)s1. The third kappa shape index (κ3) is 3.17. The maximum absolute atomic E-state index is 4.32. The fourth-order valence-corrected chi connectivity index (χ4v) is 4.89. The van der Waals surface area contributed by atoms with Crippen molar-refractivity contribution in [1.29, 1.82) is 0 Å². The molecule has 1 aromatic heterocycles. The smallest absolute Gasteiger partial charge is 0.138 e. The predicted molar refractivity (Wildman–Crippen MR) is 102 cm³/mol. The Morgan fingerprint density at radius 1 is 0.667 bits per heavy atom. The zero-order valence-electron chi connectivity index (χ0n) is 10.3. The van der Waals surface area contributed by atoms with E-state index in [2.05, 4.69) is 73.9 Å². The Balaban J connectivity index is 2.07. The lowest BCUT2D eigenvalue weighted by molar-refractivity contribution is 1.10. The highest BCUT2D eigenvalue weighted by Gasteiger charge is 2.15. The highest BCUT2D eigenvalue weighted by atomic mass is 79.9. The van der Waals surface area contributed by atoms with E-state index in [1.807, 2.05) is 36.4 Å². The van der Waals surface area contributed by atoms with Crippen molar-refractivity contribution in [2.45, 2.75) is 0 Å². The summed E-state index contributed by atoms with van der Waals surface area (Å²) in [6, 6.07) is 12.0. The predicted octanol–water partition coefficient (Wildman–Crippen LogP) is 6.92. The summed E-state index contributed by atoms with van der Waals surface area (Å²) in [5, 5.41) is 10.4. The molecular formula is C14H6Br4N2S. The molecule has 106 valence electrons. The fraction of sp³-hybridized carbons (Fsp3) is 0. The molecule has 7 heteroatoms. The quantitative estimate of drug-likeness (QED) is 0.322. The summed E-state index contributed by atoms with van der Waals surface area (Å²) in [5.41, 5.74) is 2.06. The first-order chi connectivity index (χ1) is 10.1. The van der Waals surface area contributed by atoms with Gasteiger partial charge in [0.05, 0.1) is 0 Å². The number of rotatable bonds is 2. The van der Waals surface area contributed by atoms with Crippen molar-refractivity contribution in [2.24, 2.45) is 0 Å². The van der Waals surface area contributed by atoms with Crippen LogP contribution >= 0.6 is 75.1 Å². The van der Waals surface area contributed by atoms with E-state index < -0.39 is 0 Å². The van der Waals surface area contributed by atoms with Crippen LogP contribution in [0.25, 0.3) is 21.1 Å². The molecule has 2 nitrogen and oxygen atoms in total. The van der Waals surface area contributed by atoms with Gasteiger partial charge in [-0.3, -0.25) is 0 Å². The Morgan fingerprint density at radius 2 is 1.33 bits per heavy atom. The van der Waals surface area contributed by atoms with Crippen molar-refractivity contribution in [3.8, 4) is 21.1 Å². The zero-order chi connectivity index (χ0) is 15.0. The second-order valence-corrected chi connectivity index (χ2v) is 8.39. The van der Waals surface area contributed by atoms with Crippen molar-refractivity contribution in [2.75, 3.05) is 0 Å². The monoisotopic (exact) mass is 550 g/mol. The van der Waals surface area contributed by atoms with Gasteiger partial charge in [0, 0.05) is 29.0 Å². The van der Waals surface area contributed by atoms with E-state index in [9.17, 15) is 0 Å². The largest absolute Gasteiger partial charge is 0.149 e. The molecule has 3 aromatic rings. The van der Waals surface area contributed by atoms with Crippen LogP contribution in [-0.4, -0.2) is 10.2 Å². The molecule has 21 heavy (non-hydrogen) atoms. The summed E-state index contributed by atoms with van der Waals surface area (Å²) < 4.78 is 3.95. The normalized spacial score (nSPS) is 10.9. The number of hydrogen-bond donors (Lipinski definition) is 0. The summed E-state index contributed by atoms with van der Waals surface area (Å²) in [6.45, 7) is 0. The minimum absolute atomic E-state index is 0.876. The van der Waals surface area contributed by atoms with Crippen LogP contribution in [0, 0.1) is 0 Å². The summed E-state index contributed by atoms with van der Waals surface area (Å²) in [4.78, 5) is 0. The van der Waals surface area contributed by atoms with Gasteiger partial charge in [0.2, 0.25) is 0 Å². The maximum atomic E-state index is 4.32. The van der Waals surface area contributed by atoms with Crippen LogP contribution in [0.5, 0.6) is 0 Å². The Kier molecular flexibility index (Phi) is 4.95. The Morgan fingerprint density at radius 3 is 2.05 bits per heavy atom. The zero-order valence-corrected chi connectivity index (χ0v) is 17.4. The van der Waals surface area contributed by atoms with Gasteiger partial charge in [0.1, 0.15) is 10.0 Å². The van der Waals surface area contributed by atoms with Crippen molar-refractivity contribution in [3.63, 3.8) is 0 Å². The number of benzene rings is 2. The molecule has 0 fully saturated rings. The molecule has 0 aliphatic heterocycles. The van der Waals surface area contributed by atoms with Crippen molar-refractivity contribution >= 4 is 75.1 Å². The number of aromatic nitrogens is 2. The standard InChI is InChI=1S/C14H6Br4N2S/c15-9-4-2-1-3-7(9)13-19-20-14(21-13)8-5-6-10(16)12(18)11(8)17/h1-6H. The lowest BCUT2D eigenvalue weighted by atomic mass is 10.2. The Bertz CT molecular complexity index is 816. The molecule has 1 heterocycles. The van der Waals surface area contributed by atoms with Gasteiger partial charge in [-0.2, -0.15) is 0 Å². The van der Waals surface area contributed by atoms with E-state index in [0.29, 0.717) is 0 Å². The molecule has 0 saturated heterocycles. The molecule has 0 atom stereocenters. The first-order valence-electron chi connectivity index (χ1n) is 5.80. The third-order valence-corrected chi connectivity index (χ3v) is 7.85. The Hall–Kier alpha value is -0.0800. The van der Waals surface area contributed by atoms with Gasteiger partial charge in [-0.05, 0) is 66.0 Å². The van der Waals surface area contributed by atoms with E-state index >= 15 is 0 Å². The molecular weight excluding hydrogens is 548 g/mol. The summed E-state index contributed by atoms with van der Waals surface area (Å²) >= 11 is 15.7. The third-order valence-electron chi connectivity index (χ3n) is 2.79. The maximum Gasteiger partial charge on any atom is 0.149 e. The average molecular weight is 554 g/mol.